The van der Waals surface area contributed by atoms with Gasteiger partial charge in [-0.25, -0.2) is 4.98 Å². The van der Waals surface area contributed by atoms with Crippen LogP contribution in [0, 0.1) is 25.2 Å². The first-order chi connectivity index (χ1) is 13.5. The molecule has 0 spiro atoms. The highest BCUT2D eigenvalue weighted by molar-refractivity contribution is 8.00. The number of hydrogen-bond donors (Lipinski definition) is 1. The monoisotopic (exact) mass is 391 g/mol. The Morgan fingerprint density at radius 1 is 1.18 bits per heavy atom. The van der Waals surface area contributed by atoms with E-state index in [4.69, 9.17) is 9.47 Å². The van der Waals surface area contributed by atoms with Gasteiger partial charge < -0.3 is 14.8 Å². The Kier molecular flexibility index (Phi) is 4.80. The number of rotatable bonds is 4. The summed E-state index contributed by atoms with van der Waals surface area (Å²) in [5.74, 6) is 1.24. The van der Waals surface area contributed by atoms with E-state index in [1.807, 2.05) is 32.0 Å². The minimum atomic E-state index is -0.185. The molecule has 0 bridgehead atoms. The average Bonchev–Trinajstić information content (AvgIpc) is 3.16. The maximum atomic E-state index is 12.4. The van der Waals surface area contributed by atoms with Gasteiger partial charge in [0.2, 0.25) is 12.7 Å². The minimum absolute atomic E-state index is 0.145. The summed E-state index contributed by atoms with van der Waals surface area (Å²) in [5, 5.41) is 13.9. The number of carbonyl (C=O) groups is 1. The molecule has 3 aromatic rings. The number of aryl methyl sites for hydroxylation is 2. The van der Waals surface area contributed by atoms with Crippen LogP contribution in [0.25, 0.3) is 10.9 Å². The second kappa shape index (κ2) is 7.41. The van der Waals surface area contributed by atoms with Gasteiger partial charge in [-0.05, 0) is 43.2 Å². The smallest absolute Gasteiger partial charge is 0.234 e. The topological polar surface area (TPSA) is 84.2 Å². The van der Waals surface area contributed by atoms with E-state index in [0.29, 0.717) is 27.8 Å². The van der Waals surface area contributed by atoms with Gasteiger partial charge in [0, 0.05) is 17.1 Å². The molecule has 1 N–H and O–H groups in total. The lowest BCUT2D eigenvalue weighted by Gasteiger charge is -2.10. The Labute approximate surface area is 166 Å². The summed E-state index contributed by atoms with van der Waals surface area (Å²) >= 11 is 1.25. The van der Waals surface area contributed by atoms with E-state index in [1.165, 1.54) is 11.8 Å². The van der Waals surface area contributed by atoms with Gasteiger partial charge in [-0.2, -0.15) is 5.26 Å². The Morgan fingerprint density at radius 3 is 2.79 bits per heavy atom. The molecule has 0 fully saturated rings. The molecule has 0 atom stereocenters. The molecular weight excluding hydrogens is 374 g/mol. The summed E-state index contributed by atoms with van der Waals surface area (Å²) in [7, 11) is 0. The van der Waals surface area contributed by atoms with E-state index in [9.17, 15) is 10.1 Å². The van der Waals surface area contributed by atoms with Crippen molar-refractivity contribution >= 4 is 34.3 Å². The molecular formula is C21H17N3O3S. The van der Waals surface area contributed by atoms with E-state index in [2.05, 4.69) is 16.4 Å². The molecule has 0 saturated carbocycles. The number of amides is 1. The van der Waals surface area contributed by atoms with E-state index < -0.39 is 0 Å². The summed E-state index contributed by atoms with van der Waals surface area (Å²) < 4.78 is 10.6. The van der Waals surface area contributed by atoms with Gasteiger partial charge >= 0.3 is 0 Å². The molecule has 0 radical (unpaired) electrons. The fourth-order valence-electron chi connectivity index (χ4n) is 3.01. The lowest BCUT2D eigenvalue weighted by molar-refractivity contribution is -0.113. The molecule has 2 heterocycles. The first-order valence-electron chi connectivity index (χ1n) is 8.68. The van der Waals surface area contributed by atoms with Crippen LogP contribution in [-0.4, -0.2) is 23.4 Å². The van der Waals surface area contributed by atoms with Crippen LogP contribution in [0.2, 0.25) is 0 Å². The number of ether oxygens (including phenoxy) is 2. The zero-order valence-corrected chi connectivity index (χ0v) is 16.2. The minimum Gasteiger partial charge on any atom is -0.454 e. The Balaban J connectivity index is 1.51. The summed E-state index contributed by atoms with van der Waals surface area (Å²) in [6, 6.07) is 13.3. The van der Waals surface area contributed by atoms with Gasteiger partial charge in [0.15, 0.2) is 11.5 Å². The Hall–Kier alpha value is -3.24. The zero-order chi connectivity index (χ0) is 19.7. The largest absolute Gasteiger partial charge is 0.454 e. The summed E-state index contributed by atoms with van der Waals surface area (Å²) in [4.78, 5) is 17.0. The predicted molar refractivity (Wildman–Crippen MR) is 108 cm³/mol. The standard InChI is InChI=1S/C21H17N3O3S/c1-12-3-4-13(2)20-16(12)7-14(9-22)21(24-20)28-10-19(25)23-15-5-6-17-18(8-15)27-11-26-17/h3-8H,10-11H2,1-2H3,(H,23,25). The van der Waals surface area contributed by atoms with Crippen molar-refractivity contribution in [2.24, 2.45) is 0 Å². The highest BCUT2D eigenvalue weighted by Gasteiger charge is 2.15. The van der Waals surface area contributed by atoms with Crippen molar-refractivity contribution in [3.8, 4) is 17.6 Å². The number of nitrogens with one attached hydrogen (secondary N) is 1. The molecule has 6 nitrogen and oxygen atoms in total. The number of carbonyl (C=O) groups excluding carboxylic acids is 1. The van der Waals surface area contributed by atoms with Gasteiger partial charge in [0.05, 0.1) is 16.8 Å². The average molecular weight is 391 g/mol. The number of fused-ring (bicyclic) bond motifs is 2. The zero-order valence-electron chi connectivity index (χ0n) is 15.4. The number of benzene rings is 2. The van der Waals surface area contributed by atoms with E-state index in [1.54, 1.807) is 18.2 Å². The highest BCUT2D eigenvalue weighted by Crippen LogP contribution is 2.34. The van der Waals surface area contributed by atoms with Gasteiger partial charge in [-0.1, -0.05) is 23.9 Å². The lowest BCUT2D eigenvalue weighted by Crippen LogP contribution is -2.14. The molecule has 1 aromatic heterocycles. The third kappa shape index (κ3) is 3.47. The molecule has 1 aliphatic heterocycles. The van der Waals surface area contributed by atoms with E-state index in [0.717, 1.165) is 22.0 Å². The van der Waals surface area contributed by atoms with Crippen LogP contribution >= 0.6 is 11.8 Å². The molecule has 2 aromatic carbocycles. The van der Waals surface area contributed by atoms with Crippen LogP contribution in [0.4, 0.5) is 5.69 Å². The molecule has 0 aliphatic carbocycles. The van der Waals surface area contributed by atoms with Crippen LogP contribution in [0.3, 0.4) is 0 Å². The van der Waals surface area contributed by atoms with Crippen LogP contribution in [0.15, 0.2) is 41.4 Å². The maximum Gasteiger partial charge on any atom is 0.234 e. The van der Waals surface area contributed by atoms with E-state index in [-0.39, 0.29) is 18.5 Å². The van der Waals surface area contributed by atoms with Crippen molar-refractivity contribution in [2.75, 3.05) is 17.9 Å². The van der Waals surface area contributed by atoms with Gasteiger partial charge in [-0.3, -0.25) is 4.79 Å². The first kappa shape index (κ1) is 18.1. The van der Waals surface area contributed by atoms with Crippen LogP contribution in [0.5, 0.6) is 11.5 Å². The van der Waals surface area contributed by atoms with Crippen molar-refractivity contribution in [1.29, 1.82) is 5.26 Å². The van der Waals surface area contributed by atoms with E-state index >= 15 is 0 Å². The molecule has 0 unspecified atom stereocenters. The summed E-state index contributed by atoms with van der Waals surface area (Å²) in [6.45, 7) is 4.17. The van der Waals surface area contributed by atoms with Crippen molar-refractivity contribution < 1.29 is 14.3 Å². The third-order valence-electron chi connectivity index (χ3n) is 4.49. The molecule has 28 heavy (non-hydrogen) atoms. The number of nitrogens with zero attached hydrogens (tertiary/aromatic N) is 2. The third-order valence-corrected chi connectivity index (χ3v) is 5.48. The number of thioether (sulfide) groups is 1. The van der Waals surface area contributed by atoms with Crippen LogP contribution in [0.1, 0.15) is 16.7 Å². The molecule has 1 aliphatic rings. The molecule has 0 saturated heterocycles. The second-order valence-electron chi connectivity index (χ2n) is 6.45. The van der Waals surface area contributed by atoms with Gasteiger partial charge in [0.1, 0.15) is 11.1 Å². The normalized spacial score (nSPS) is 12.0. The highest BCUT2D eigenvalue weighted by atomic mass is 32.2. The number of nitriles is 1. The summed E-state index contributed by atoms with van der Waals surface area (Å²) in [6.07, 6.45) is 0. The molecule has 4 rings (SSSR count). The van der Waals surface area contributed by atoms with Crippen LogP contribution < -0.4 is 14.8 Å². The lowest BCUT2D eigenvalue weighted by atomic mass is 10.0. The Morgan fingerprint density at radius 2 is 1.96 bits per heavy atom. The van der Waals surface area contributed by atoms with Crippen molar-refractivity contribution in [3.63, 3.8) is 0 Å². The number of anilines is 1. The maximum absolute atomic E-state index is 12.4. The molecule has 7 heteroatoms. The van der Waals surface area contributed by atoms with Crippen molar-refractivity contribution in [3.05, 3.63) is 53.1 Å². The fraction of sp³-hybridized carbons (Fsp3) is 0.190. The molecule has 1 amide bonds. The fourth-order valence-corrected chi connectivity index (χ4v) is 3.77. The SMILES string of the molecule is Cc1ccc(C)c2nc(SCC(=O)Nc3ccc4c(c3)OCO4)c(C#N)cc12. The first-order valence-corrected chi connectivity index (χ1v) is 9.67. The molecule has 140 valence electrons. The van der Waals surface area contributed by atoms with Crippen molar-refractivity contribution in [2.45, 2.75) is 18.9 Å². The predicted octanol–water partition coefficient (Wildman–Crippen LogP) is 4.18. The number of hydrogen-bond acceptors (Lipinski definition) is 6. The Bertz CT molecular complexity index is 1140. The van der Waals surface area contributed by atoms with Gasteiger partial charge in [-0.15, -0.1) is 0 Å². The second-order valence-corrected chi connectivity index (χ2v) is 7.42. The van der Waals surface area contributed by atoms with Crippen LogP contribution in [-0.2, 0) is 4.79 Å². The van der Waals surface area contributed by atoms with Gasteiger partial charge in [0.25, 0.3) is 0 Å². The quantitative estimate of drug-likeness (QED) is 0.672. The summed E-state index contributed by atoms with van der Waals surface area (Å²) in [5.41, 5.74) is 4.08. The van der Waals surface area contributed by atoms with Crippen molar-refractivity contribution in [1.82, 2.24) is 4.98 Å². The number of aromatic nitrogens is 1. The number of pyridine rings is 1.